The van der Waals surface area contributed by atoms with E-state index in [9.17, 15) is 9.65 Å². The van der Waals surface area contributed by atoms with Crippen molar-refractivity contribution >= 4 is 50.8 Å². The van der Waals surface area contributed by atoms with Gasteiger partial charge in [0.05, 0.1) is 21.1 Å². The zero-order valence-corrected chi connectivity index (χ0v) is 17.5. The maximum Gasteiger partial charge on any atom is 0.134 e. The van der Waals surface area contributed by atoms with Crippen molar-refractivity contribution in [3.05, 3.63) is 97.7 Å². The highest BCUT2D eigenvalue weighted by molar-refractivity contribution is 9.10. The summed E-state index contributed by atoms with van der Waals surface area (Å²) >= 11 is 15.6. The van der Waals surface area contributed by atoms with Crippen LogP contribution in [-0.2, 0) is 6.61 Å². The van der Waals surface area contributed by atoms with Gasteiger partial charge in [0.2, 0.25) is 0 Å². The molecule has 0 aromatic heterocycles. The molecule has 0 aliphatic heterocycles. The van der Waals surface area contributed by atoms with Gasteiger partial charge in [0.1, 0.15) is 18.2 Å². The fourth-order valence-electron chi connectivity index (χ4n) is 2.54. The molecule has 0 heterocycles. The third kappa shape index (κ3) is 4.94. The first-order chi connectivity index (χ1) is 13.5. The zero-order valence-electron chi connectivity index (χ0n) is 14.4. The molecule has 0 aliphatic carbocycles. The summed E-state index contributed by atoms with van der Waals surface area (Å²) in [7, 11) is 0. The summed E-state index contributed by atoms with van der Waals surface area (Å²) in [5.41, 5.74) is 2.27. The highest BCUT2D eigenvalue weighted by Crippen LogP contribution is 2.31. The number of nitriles is 1. The number of nitrogens with zero attached hydrogens (tertiary/aromatic N) is 1. The summed E-state index contributed by atoms with van der Waals surface area (Å²) in [5.74, 6) is 0.264. The van der Waals surface area contributed by atoms with Crippen LogP contribution in [0.25, 0.3) is 11.6 Å². The van der Waals surface area contributed by atoms with Crippen molar-refractivity contribution in [3.8, 4) is 11.8 Å². The summed E-state index contributed by atoms with van der Waals surface area (Å²) in [4.78, 5) is 0. The van der Waals surface area contributed by atoms with E-state index in [4.69, 9.17) is 27.9 Å². The van der Waals surface area contributed by atoms with Gasteiger partial charge in [-0.05, 0) is 57.9 Å². The molecule has 28 heavy (non-hydrogen) atoms. The molecule has 140 valence electrons. The fourth-order valence-corrected chi connectivity index (χ4v) is 3.56. The number of halogens is 4. The minimum atomic E-state index is -0.309. The number of benzene rings is 3. The minimum absolute atomic E-state index is 0.115. The maximum atomic E-state index is 13.7. The average Bonchev–Trinajstić information content (AvgIpc) is 2.67. The lowest BCUT2D eigenvalue weighted by molar-refractivity contribution is 0.298. The molecule has 2 nitrogen and oxygen atoms in total. The molecular weight excluding hydrogens is 464 g/mol. The lowest BCUT2D eigenvalue weighted by atomic mass is 10.0. The van der Waals surface area contributed by atoms with Crippen molar-refractivity contribution in [2.75, 3.05) is 0 Å². The molecule has 0 N–H and O–H groups in total. The smallest absolute Gasteiger partial charge is 0.134 e. The predicted molar refractivity (Wildman–Crippen MR) is 115 cm³/mol. The topological polar surface area (TPSA) is 33.0 Å². The van der Waals surface area contributed by atoms with Gasteiger partial charge in [-0.25, -0.2) is 4.39 Å². The number of hydrogen-bond donors (Lipinski definition) is 0. The van der Waals surface area contributed by atoms with E-state index in [1.165, 1.54) is 6.07 Å². The molecule has 6 heteroatoms. The average molecular weight is 477 g/mol. The van der Waals surface area contributed by atoms with E-state index in [0.717, 1.165) is 5.56 Å². The Hall–Kier alpha value is -2.32. The van der Waals surface area contributed by atoms with Crippen LogP contribution >= 0.6 is 39.1 Å². The Morgan fingerprint density at radius 1 is 1.11 bits per heavy atom. The number of allylic oxidation sites excluding steroid dienone is 1. The van der Waals surface area contributed by atoms with Crippen molar-refractivity contribution in [3.63, 3.8) is 0 Å². The van der Waals surface area contributed by atoms with Crippen LogP contribution in [0.1, 0.15) is 16.7 Å². The Balaban J connectivity index is 1.82. The van der Waals surface area contributed by atoms with E-state index in [1.54, 1.807) is 48.5 Å². The molecule has 0 amide bonds. The van der Waals surface area contributed by atoms with Crippen LogP contribution in [0.4, 0.5) is 4.39 Å². The molecule has 0 aliphatic rings. The standard InChI is InChI=1S/C22H13BrCl2FNO/c23-19-10-14(9-16(12-27)18-7-6-17(24)11-20(18)25)5-8-22(19)28-13-15-3-1-2-4-21(15)26/h1-11H,13H2/b16-9+. The monoisotopic (exact) mass is 475 g/mol. The first-order valence-electron chi connectivity index (χ1n) is 8.21. The molecule has 0 bridgehead atoms. The van der Waals surface area contributed by atoms with Crippen LogP contribution in [0, 0.1) is 17.1 Å². The quantitative estimate of drug-likeness (QED) is 0.281. The van der Waals surface area contributed by atoms with E-state index in [1.807, 2.05) is 12.1 Å². The molecule has 0 unspecified atom stereocenters. The van der Waals surface area contributed by atoms with E-state index >= 15 is 0 Å². The van der Waals surface area contributed by atoms with Gasteiger partial charge < -0.3 is 4.74 Å². The molecule has 0 radical (unpaired) electrons. The van der Waals surface area contributed by atoms with Crippen LogP contribution < -0.4 is 4.74 Å². The van der Waals surface area contributed by atoms with Crippen molar-refractivity contribution in [2.24, 2.45) is 0 Å². The second kappa shape index (κ2) is 9.25. The summed E-state index contributed by atoms with van der Waals surface area (Å²) < 4.78 is 20.1. The van der Waals surface area contributed by atoms with E-state index in [2.05, 4.69) is 22.0 Å². The molecule has 0 fully saturated rings. The third-order valence-corrected chi connectivity index (χ3v) is 5.12. The van der Waals surface area contributed by atoms with Gasteiger partial charge in [-0.1, -0.05) is 53.5 Å². The molecular formula is C22H13BrCl2FNO. The van der Waals surface area contributed by atoms with Gasteiger partial charge in [0.15, 0.2) is 0 Å². The van der Waals surface area contributed by atoms with Gasteiger partial charge in [-0.2, -0.15) is 5.26 Å². The second-order valence-electron chi connectivity index (χ2n) is 5.86. The molecule has 0 saturated heterocycles. The van der Waals surface area contributed by atoms with Crippen molar-refractivity contribution in [2.45, 2.75) is 6.61 Å². The van der Waals surface area contributed by atoms with Crippen molar-refractivity contribution < 1.29 is 9.13 Å². The SMILES string of the molecule is N#C/C(=C\c1ccc(OCc2ccccc2F)c(Br)c1)c1ccc(Cl)cc1Cl. The van der Waals surface area contributed by atoms with Crippen LogP contribution in [0.15, 0.2) is 65.1 Å². The lowest BCUT2D eigenvalue weighted by Gasteiger charge is -2.10. The number of hydrogen-bond acceptors (Lipinski definition) is 2. The Kier molecular flexibility index (Phi) is 6.74. The number of rotatable bonds is 5. The maximum absolute atomic E-state index is 13.7. The predicted octanol–water partition coefficient (Wildman–Crippen LogP) is 7.54. The molecule has 3 rings (SSSR count). The molecule has 3 aromatic rings. The Morgan fingerprint density at radius 3 is 2.57 bits per heavy atom. The van der Waals surface area contributed by atoms with E-state index < -0.39 is 0 Å². The Morgan fingerprint density at radius 2 is 1.89 bits per heavy atom. The molecule has 0 saturated carbocycles. The normalized spacial score (nSPS) is 11.2. The van der Waals surface area contributed by atoms with Crippen LogP contribution in [0.2, 0.25) is 10.0 Å². The van der Waals surface area contributed by atoms with Crippen LogP contribution in [0.5, 0.6) is 5.75 Å². The van der Waals surface area contributed by atoms with Crippen LogP contribution in [-0.4, -0.2) is 0 Å². The van der Waals surface area contributed by atoms with Crippen LogP contribution in [0.3, 0.4) is 0 Å². The van der Waals surface area contributed by atoms with Gasteiger partial charge in [0.25, 0.3) is 0 Å². The first kappa shape index (κ1) is 20.4. The van der Waals surface area contributed by atoms with Gasteiger partial charge in [-0.15, -0.1) is 0 Å². The molecule has 0 atom stereocenters. The Labute approximate surface area is 180 Å². The molecule has 0 spiro atoms. The van der Waals surface area contributed by atoms with Gasteiger partial charge >= 0.3 is 0 Å². The highest BCUT2D eigenvalue weighted by atomic mass is 79.9. The first-order valence-corrected chi connectivity index (χ1v) is 9.76. The minimum Gasteiger partial charge on any atom is -0.488 e. The van der Waals surface area contributed by atoms with E-state index in [0.29, 0.717) is 37.0 Å². The summed E-state index contributed by atoms with van der Waals surface area (Å²) in [6.07, 6.45) is 1.72. The fraction of sp³-hybridized carbons (Fsp3) is 0.0455. The highest BCUT2D eigenvalue weighted by Gasteiger charge is 2.09. The molecule has 3 aromatic carbocycles. The van der Waals surface area contributed by atoms with Gasteiger partial charge in [0, 0.05) is 16.1 Å². The van der Waals surface area contributed by atoms with Crippen molar-refractivity contribution in [1.82, 2.24) is 0 Å². The second-order valence-corrected chi connectivity index (χ2v) is 7.56. The van der Waals surface area contributed by atoms with E-state index in [-0.39, 0.29) is 12.4 Å². The Bertz CT molecular complexity index is 1090. The summed E-state index contributed by atoms with van der Waals surface area (Å²) in [6.45, 7) is 0.115. The summed E-state index contributed by atoms with van der Waals surface area (Å²) in [5, 5.41) is 10.4. The van der Waals surface area contributed by atoms with Crippen molar-refractivity contribution in [1.29, 1.82) is 5.26 Å². The lowest BCUT2D eigenvalue weighted by Crippen LogP contribution is -1.98. The largest absolute Gasteiger partial charge is 0.488 e. The van der Waals surface area contributed by atoms with Gasteiger partial charge in [-0.3, -0.25) is 0 Å². The summed E-state index contributed by atoms with van der Waals surface area (Å²) in [6, 6.07) is 19.0. The number of ether oxygens (including phenoxy) is 1. The third-order valence-electron chi connectivity index (χ3n) is 3.95. The zero-order chi connectivity index (χ0) is 20.1.